The molecule has 0 radical (unpaired) electrons. The van der Waals surface area contributed by atoms with Gasteiger partial charge in [0.2, 0.25) is 0 Å². The van der Waals surface area contributed by atoms with E-state index in [1.165, 1.54) is 43.5 Å². The number of hydrogen-bond acceptors (Lipinski definition) is 2. The number of nitrogens with one attached hydrogen (secondary N) is 1. The van der Waals surface area contributed by atoms with Crippen molar-refractivity contribution in [1.82, 2.24) is 4.90 Å². The molecule has 0 aliphatic carbocycles. The first-order chi connectivity index (χ1) is 8.79. The minimum Gasteiger partial charge on any atom is -0.385 e. The Balaban J connectivity index is 1.73. The van der Waals surface area contributed by atoms with Crippen LogP contribution in [0.25, 0.3) is 0 Å². The molecule has 3 heteroatoms. The molecule has 1 saturated heterocycles. The SMILES string of the molecule is CN1CCCCC1CCNc1ccc(CCl)cc1. The van der Waals surface area contributed by atoms with Gasteiger partial charge in [0.25, 0.3) is 0 Å². The Morgan fingerprint density at radius 1 is 1.28 bits per heavy atom. The van der Waals surface area contributed by atoms with E-state index in [4.69, 9.17) is 11.6 Å². The van der Waals surface area contributed by atoms with E-state index in [1.807, 2.05) is 0 Å². The van der Waals surface area contributed by atoms with Crippen LogP contribution in [-0.4, -0.2) is 31.1 Å². The summed E-state index contributed by atoms with van der Waals surface area (Å²) in [4.78, 5) is 2.50. The fourth-order valence-electron chi connectivity index (χ4n) is 2.60. The molecule has 0 spiro atoms. The lowest BCUT2D eigenvalue weighted by atomic mass is 10.0. The maximum Gasteiger partial charge on any atom is 0.0474 e. The number of halogens is 1. The Kier molecular flexibility index (Phi) is 5.33. The van der Waals surface area contributed by atoms with Crippen LogP contribution >= 0.6 is 11.6 Å². The number of nitrogens with zero attached hydrogens (tertiary/aromatic N) is 1. The van der Waals surface area contributed by atoms with Gasteiger partial charge < -0.3 is 10.2 Å². The summed E-state index contributed by atoms with van der Waals surface area (Å²) in [5, 5.41) is 3.49. The van der Waals surface area contributed by atoms with E-state index in [0.717, 1.165) is 12.6 Å². The van der Waals surface area contributed by atoms with Gasteiger partial charge in [-0.05, 0) is 50.6 Å². The van der Waals surface area contributed by atoms with Crippen LogP contribution < -0.4 is 5.32 Å². The Morgan fingerprint density at radius 2 is 2.06 bits per heavy atom. The molecular formula is C15H23ClN2. The summed E-state index contributed by atoms with van der Waals surface area (Å²) in [5.74, 6) is 0.590. The van der Waals surface area contributed by atoms with Crippen LogP contribution in [0.15, 0.2) is 24.3 Å². The zero-order valence-electron chi connectivity index (χ0n) is 11.2. The molecular weight excluding hydrogens is 244 g/mol. The molecule has 18 heavy (non-hydrogen) atoms. The monoisotopic (exact) mass is 266 g/mol. The first kappa shape index (κ1) is 13.7. The highest BCUT2D eigenvalue weighted by Gasteiger charge is 2.17. The van der Waals surface area contributed by atoms with Crippen molar-refractivity contribution in [3.8, 4) is 0 Å². The molecule has 0 amide bonds. The summed E-state index contributed by atoms with van der Waals surface area (Å²) in [5.41, 5.74) is 2.37. The molecule has 1 fully saturated rings. The second-order valence-corrected chi connectivity index (χ2v) is 5.44. The van der Waals surface area contributed by atoms with Gasteiger partial charge in [0.1, 0.15) is 0 Å². The average Bonchev–Trinajstić information content (AvgIpc) is 2.42. The van der Waals surface area contributed by atoms with E-state index < -0.39 is 0 Å². The fourth-order valence-corrected chi connectivity index (χ4v) is 2.78. The normalized spacial score (nSPS) is 20.9. The summed E-state index contributed by atoms with van der Waals surface area (Å²) < 4.78 is 0. The van der Waals surface area contributed by atoms with Gasteiger partial charge >= 0.3 is 0 Å². The average molecular weight is 267 g/mol. The second kappa shape index (κ2) is 7.01. The van der Waals surface area contributed by atoms with Crippen LogP contribution in [0.1, 0.15) is 31.2 Å². The first-order valence-corrected chi connectivity index (χ1v) is 7.42. The summed E-state index contributed by atoms with van der Waals surface area (Å²) in [6.45, 7) is 2.31. The predicted molar refractivity (Wildman–Crippen MR) is 79.4 cm³/mol. The molecule has 2 rings (SSSR count). The highest BCUT2D eigenvalue weighted by atomic mass is 35.5. The van der Waals surface area contributed by atoms with Crippen molar-refractivity contribution in [3.05, 3.63) is 29.8 Å². The maximum atomic E-state index is 5.78. The zero-order valence-corrected chi connectivity index (χ0v) is 11.9. The highest BCUT2D eigenvalue weighted by Crippen LogP contribution is 2.18. The van der Waals surface area contributed by atoms with Crippen LogP contribution in [0.5, 0.6) is 0 Å². The summed E-state index contributed by atoms with van der Waals surface area (Å²) in [6, 6.07) is 9.16. The summed E-state index contributed by atoms with van der Waals surface area (Å²) >= 11 is 5.78. The largest absolute Gasteiger partial charge is 0.385 e. The fraction of sp³-hybridized carbons (Fsp3) is 0.600. The smallest absolute Gasteiger partial charge is 0.0474 e. The van der Waals surface area contributed by atoms with Crippen molar-refractivity contribution in [3.63, 3.8) is 0 Å². The van der Waals surface area contributed by atoms with Crippen molar-refractivity contribution in [2.24, 2.45) is 0 Å². The number of rotatable bonds is 5. The minimum atomic E-state index is 0.590. The third-order valence-electron chi connectivity index (χ3n) is 3.84. The Hall–Kier alpha value is -0.730. The van der Waals surface area contributed by atoms with E-state index in [9.17, 15) is 0 Å². The number of benzene rings is 1. The third kappa shape index (κ3) is 3.89. The van der Waals surface area contributed by atoms with E-state index in [1.54, 1.807) is 0 Å². The van der Waals surface area contributed by atoms with Gasteiger partial charge in [-0.15, -0.1) is 11.6 Å². The van der Waals surface area contributed by atoms with Gasteiger partial charge in [-0.2, -0.15) is 0 Å². The standard InChI is InChI=1S/C15H23ClN2/c1-18-11-3-2-4-15(18)9-10-17-14-7-5-13(12-16)6-8-14/h5-8,15,17H,2-4,9-12H2,1H3. The quantitative estimate of drug-likeness (QED) is 0.818. The van der Waals surface area contributed by atoms with Crippen molar-refractivity contribution in [1.29, 1.82) is 0 Å². The minimum absolute atomic E-state index is 0.590. The number of hydrogen-bond donors (Lipinski definition) is 1. The van der Waals surface area contributed by atoms with Gasteiger partial charge in [0, 0.05) is 24.2 Å². The van der Waals surface area contributed by atoms with Gasteiger partial charge in [-0.1, -0.05) is 18.6 Å². The van der Waals surface area contributed by atoms with E-state index in [0.29, 0.717) is 5.88 Å². The lowest BCUT2D eigenvalue weighted by molar-refractivity contribution is 0.179. The van der Waals surface area contributed by atoms with Gasteiger partial charge in [-0.3, -0.25) is 0 Å². The molecule has 1 aromatic rings. The molecule has 1 heterocycles. The van der Waals surface area contributed by atoms with Crippen molar-refractivity contribution < 1.29 is 0 Å². The van der Waals surface area contributed by atoms with Crippen LogP contribution in [0.3, 0.4) is 0 Å². The number of alkyl halides is 1. The first-order valence-electron chi connectivity index (χ1n) is 6.88. The van der Waals surface area contributed by atoms with E-state index in [2.05, 4.69) is 41.5 Å². The maximum absolute atomic E-state index is 5.78. The van der Waals surface area contributed by atoms with E-state index >= 15 is 0 Å². The summed E-state index contributed by atoms with van der Waals surface area (Å²) in [6.07, 6.45) is 5.33. The third-order valence-corrected chi connectivity index (χ3v) is 4.15. The van der Waals surface area contributed by atoms with Crippen molar-refractivity contribution in [2.45, 2.75) is 37.6 Å². The lowest BCUT2D eigenvalue weighted by Crippen LogP contribution is -2.37. The van der Waals surface area contributed by atoms with Crippen molar-refractivity contribution in [2.75, 3.05) is 25.5 Å². The molecule has 1 atom stereocenters. The van der Waals surface area contributed by atoms with Crippen LogP contribution in [-0.2, 0) is 5.88 Å². The Morgan fingerprint density at radius 3 is 2.72 bits per heavy atom. The molecule has 1 aliphatic heterocycles. The molecule has 1 aromatic carbocycles. The van der Waals surface area contributed by atoms with Gasteiger partial charge in [0.05, 0.1) is 0 Å². The van der Waals surface area contributed by atoms with Gasteiger partial charge in [0.15, 0.2) is 0 Å². The lowest BCUT2D eigenvalue weighted by Gasteiger charge is -2.32. The van der Waals surface area contributed by atoms with Gasteiger partial charge in [-0.25, -0.2) is 0 Å². The predicted octanol–water partition coefficient (Wildman–Crippen LogP) is 3.71. The molecule has 2 nitrogen and oxygen atoms in total. The molecule has 1 N–H and O–H groups in total. The summed E-state index contributed by atoms with van der Waals surface area (Å²) in [7, 11) is 2.25. The van der Waals surface area contributed by atoms with Crippen LogP contribution in [0, 0.1) is 0 Å². The highest BCUT2D eigenvalue weighted by molar-refractivity contribution is 6.17. The molecule has 0 aromatic heterocycles. The number of likely N-dealkylation sites (tertiary alicyclic amines) is 1. The van der Waals surface area contributed by atoms with Crippen LogP contribution in [0.2, 0.25) is 0 Å². The number of anilines is 1. The second-order valence-electron chi connectivity index (χ2n) is 5.18. The molecule has 0 saturated carbocycles. The topological polar surface area (TPSA) is 15.3 Å². The molecule has 100 valence electrons. The number of piperidine rings is 1. The Bertz CT molecular complexity index is 350. The van der Waals surface area contributed by atoms with Crippen molar-refractivity contribution >= 4 is 17.3 Å². The van der Waals surface area contributed by atoms with Crippen LogP contribution in [0.4, 0.5) is 5.69 Å². The zero-order chi connectivity index (χ0) is 12.8. The molecule has 0 bridgehead atoms. The van der Waals surface area contributed by atoms with E-state index in [-0.39, 0.29) is 0 Å². The molecule has 1 unspecified atom stereocenters. The Labute approximate surface area is 115 Å². The molecule has 1 aliphatic rings.